The molecule has 6 rings (SSSR count). The summed E-state index contributed by atoms with van der Waals surface area (Å²) in [4.78, 5) is 13.3. The van der Waals surface area contributed by atoms with Crippen LogP contribution < -0.4 is 5.73 Å². The summed E-state index contributed by atoms with van der Waals surface area (Å²) in [7, 11) is 0. The molecule has 0 bridgehead atoms. The zero-order valence-electron chi connectivity index (χ0n) is 19.0. The van der Waals surface area contributed by atoms with Gasteiger partial charge >= 0.3 is 6.18 Å². The lowest BCUT2D eigenvalue weighted by molar-refractivity contribution is -0.137. The molecule has 2 atom stereocenters. The van der Waals surface area contributed by atoms with E-state index >= 15 is 0 Å². The summed E-state index contributed by atoms with van der Waals surface area (Å²) in [5.41, 5.74) is 5.48. The molecule has 10 heteroatoms. The Labute approximate surface area is 196 Å². The quantitative estimate of drug-likeness (QED) is 0.637. The van der Waals surface area contributed by atoms with Crippen molar-refractivity contribution in [3.05, 3.63) is 29.8 Å². The van der Waals surface area contributed by atoms with Crippen molar-refractivity contribution in [2.45, 2.75) is 49.9 Å². The summed E-state index contributed by atoms with van der Waals surface area (Å²) < 4.78 is 54.9. The number of rotatable bonds is 6. The van der Waals surface area contributed by atoms with Crippen molar-refractivity contribution in [1.29, 1.82) is 0 Å². The predicted molar refractivity (Wildman–Crippen MR) is 120 cm³/mol. The molecule has 0 radical (unpaired) electrons. The van der Waals surface area contributed by atoms with E-state index in [1.54, 1.807) is 0 Å². The molecule has 2 aromatic rings. The zero-order chi connectivity index (χ0) is 23.6. The lowest BCUT2D eigenvalue weighted by Crippen LogP contribution is -2.50. The Bertz CT molecular complexity index is 1040. The van der Waals surface area contributed by atoms with Crippen molar-refractivity contribution in [3.63, 3.8) is 0 Å². The Kier molecular flexibility index (Phi) is 5.36. The van der Waals surface area contributed by atoms with Gasteiger partial charge in [-0.1, -0.05) is 0 Å². The Morgan fingerprint density at radius 2 is 1.76 bits per heavy atom. The molecule has 4 fully saturated rings. The third kappa shape index (κ3) is 3.98. The Hall–Kier alpha value is -2.20. The Morgan fingerprint density at radius 3 is 2.38 bits per heavy atom. The van der Waals surface area contributed by atoms with Crippen LogP contribution >= 0.6 is 0 Å². The summed E-state index contributed by atoms with van der Waals surface area (Å²) in [6, 6.07) is 2.05. The first-order valence-electron chi connectivity index (χ1n) is 12.3. The van der Waals surface area contributed by atoms with E-state index in [-0.39, 0.29) is 6.67 Å². The van der Waals surface area contributed by atoms with Crippen LogP contribution in [0.3, 0.4) is 0 Å². The number of imidazole rings is 1. The van der Waals surface area contributed by atoms with Crippen LogP contribution in [0.5, 0.6) is 0 Å². The van der Waals surface area contributed by atoms with Gasteiger partial charge < -0.3 is 10.3 Å². The third-order valence-electron chi connectivity index (χ3n) is 8.24. The van der Waals surface area contributed by atoms with Gasteiger partial charge in [-0.05, 0) is 43.6 Å². The maximum atomic E-state index is 13.3. The van der Waals surface area contributed by atoms with Crippen molar-refractivity contribution >= 4 is 5.82 Å². The molecular weight excluding hydrogens is 448 g/mol. The van der Waals surface area contributed by atoms with Crippen LogP contribution in [-0.2, 0) is 6.18 Å². The van der Waals surface area contributed by atoms with Gasteiger partial charge in [0.1, 0.15) is 18.3 Å². The van der Waals surface area contributed by atoms with Gasteiger partial charge in [-0.25, -0.2) is 14.4 Å². The van der Waals surface area contributed by atoms with Gasteiger partial charge in [0.25, 0.3) is 0 Å². The van der Waals surface area contributed by atoms with Crippen molar-refractivity contribution in [1.82, 2.24) is 24.3 Å². The molecule has 2 unspecified atom stereocenters. The first kappa shape index (κ1) is 22.3. The van der Waals surface area contributed by atoms with E-state index in [4.69, 9.17) is 10.7 Å². The van der Waals surface area contributed by atoms with Crippen LogP contribution in [0.15, 0.2) is 18.5 Å². The van der Waals surface area contributed by atoms with Crippen molar-refractivity contribution in [3.8, 4) is 11.3 Å². The lowest BCUT2D eigenvalue weighted by Gasteiger charge is -2.38. The van der Waals surface area contributed by atoms with Gasteiger partial charge in [0.05, 0.1) is 11.3 Å². The molecular formula is C24H30F4N6. The van der Waals surface area contributed by atoms with Crippen LogP contribution in [0.2, 0.25) is 0 Å². The second-order valence-electron chi connectivity index (χ2n) is 10.3. The first-order valence-corrected chi connectivity index (χ1v) is 12.3. The predicted octanol–water partition coefficient (Wildman–Crippen LogP) is 3.96. The number of aromatic nitrogens is 3. The number of alkyl halides is 4. The molecule has 3 heterocycles. The second kappa shape index (κ2) is 8.19. The van der Waals surface area contributed by atoms with Gasteiger partial charge in [0.15, 0.2) is 0 Å². The van der Waals surface area contributed by atoms with Gasteiger partial charge in [0.2, 0.25) is 0 Å². The third-order valence-corrected chi connectivity index (χ3v) is 8.24. The van der Waals surface area contributed by atoms with E-state index in [1.807, 2.05) is 6.20 Å². The SMILES string of the molecule is Nc1ncc(-c2cn(C3C4CC(N5CCN(CCF)CC5)CC43)c(C3CC3)n2)cc1C(F)(F)F. The fraction of sp³-hybridized carbons (Fsp3) is 0.667. The minimum atomic E-state index is -4.55. The number of nitrogens with zero attached hydrogens (tertiary/aromatic N) is 5. The maximum absolute atomic E-state index is 13.3. The van der Waals surface area contributed by atoms with E-state index in [2.05, 4.69) is 19.4 Å². The summed E-state index contributed by atoms with van der Waals surface area (Å²) in [5, 5.41) is 0. The fourth-order valence-electron chi connectivity index (χ4n) is 6.23. The number of piperazine rings is 1. The molecule has 3 saturated carbocycles. The summed E-state index contributed by atoms with van der Waals surface area (Å²) in [5.74, 6) is 2.10. The number of hydrogen-bond donors (Lipinski definition) is 1. The highest BCUT2D eigenvalue weighted by Crippen LogP contribution is 2.62. The van der Waals surface area contributed by atoms with Gasteiger partial charge in [0, 0.05) is 68.7 Å². The number of nitrogens with two attached hydrogens (primary N) is 1. The van der Waals surface area contributed by atoms with Gasteiger partial charge in [-0.3, -0.25) is 9.80 Å². The number of anilines is 1. The van der Waals surface area contributed by atoms with Crippen molar-refractivity contribution in [2.24, 2.45) is 11.8 Å². The number of pyridine rings is 1. The van der Waals surface area contributed by atoms with Gasteiger partial charge in [-0.15, -0.1) is 0 Å². The van der Waals surface area contributed by atoms with E-state index in [9.17, 15) is 17.6 Å². The molecule has 4 aliphatic rings. The molecule has 2 N–H and O–H groups in total. The van der Waals surface area contributed by atoms with Crippen LogP contribution in [0.25, 0.3) is 11.3 Å². The monoisotopic (exact) mass is 478 g/mol. The molecule has 184 valence electrons. The van der Waals surface area contributed by atoms with Crippen molar-refractivity contribution < 1.29 is 17.6 Å². The number of halogens is 4. The van der Waals surface area contributed by atoms with E-state index in [0.717, 1.165) is 63.8 Å². The minimum Gasteiger partial charge on any atom is -0.383 e. The normalized spacial score (nSPS) is 30.0. The van der Waals surface area contributed by atoms with E-state index in [1.165, 1.54) is 6.20 Å². The average Bonchev–Trinajstić information content (AvgIpc) is 3.68. The molecule has 6 nitrogen and oxygen atoms in total. The highest BCUT2D eigenvalue weighted by Gasteiger charge is 2.59. The molecule has 34 heavy (non-hydrogen) atoms. The maximum Gasteiger partial charge on any atom is 0.419 e. The molecule has 1 saturated heterocycles. The highest BCUT2D eigenvalue weighted by atomic mass is 19.4. The summed E-state index contributed by atoms with van der Waals surface area (Å²) in [6.07, 6.45) is 3.25. The van der Waals surface area contributed by atoms with Crippen LogP contribution in [0.4, 0.5) is 23.4 Å². The molecule has 2 aromatic heterocycles. The molecule has 0 spiro atoms. The Morgan fingerprint density at radius 1 is 1.06 bits per heavy atom. The Balaban J connectivity index is 1.17. The molecule has 1 aliphatic heterocycles. The van der Waals surface area contributed by atoms with Crippen LogP contribution in [0, 0.1) is 11.8 Å². The topological polar surface area (TPSA) is 63.2 Å². The second-order valence-corrected chi connectivity index (χ2v) is 10.3. The summed E-state index contributed by atoms with van der Waals surface area (Å²) >= 11 is 0. The molecule has 0 amide bonds. The lowest BCUT2D eigenvalue weighted by atomic mass is 10.1. The largest absolute Gasteiger partial charge is 0.419 e. The van der Waals surface area contributed by atoms with Crippen LogP contribution in [0.1, 0.15) is 49.0 Å². The number of hydrogen-bond acceptors (Lipinski definition) is 5. The zero-order valence-corrected chi connectivity index (χ0v) is 19.0. The molecule has 0 aromatic carbocycles. The van der Waals surface area contributed by atoms with E-state index < -0.39 is 17.6 Å². The number of fused-ring (bicyclic) bond motifs is 1. The molecule has 3 aliphatic carbocycles. The standard InChI is InChI=1S/C24H30F4N6/c25-3-4-32-5-7-33(8-6-32)16-10-17-18(11-16)21(17)34-13-20(31-23(34)14-1-2-14)15-9-19(24(26,27)28)22(29)30-12-15/h9,12-14,16-18,21H,1-8,10-11H2,(H2,29,30). The highest BCUT2D eigenvalue weighted by molar-refractivity contribution is 5.62. The van der Waals surface area contributed by atoms with E-state index in [0.29, 0.717) is 47.6 Å². The minimum absolute atomic E-state index is 0.282. The number of nitrogen functional groups attached to an aromatic ring is 1. The first-order chi connectivity index (χ1) is 16.3. The fourth-order valence-corrected chi connectivity index (χ4v) is 6.23. The summed E-state index contributed by atoms with van der Waals surface area (Å²) in [6.45, 7) is 4.13. The van der Waals surface area contributed by atoms with Crippen LogP contribution in [-0.4, -0.2) is 69.8 Å². The van der Waals surface area contributed by atoms with Crippen molar-refractivity contribution in [2.75, 3.05) is 45.1 Å². The average molecular weight is 479 g/mol. The van der Waals surface area contributed by atoms with Gasteiger partial charge in [-0.2, -0.15) is 13.2 Å². The smallest absolute Gasteiger partial charge is 0.383 e.